The topological polar surface area (TPSA) is 52.6 Å². The SMILES string of the molecule is COC(=O)c1cc2ccccc2cc1-c1cc2ccccc2cc1C(=O)O[C@H]1CC[C@]2(C)[C@H]3CC=C4[C@@H]5CC(C)(C)CC[C@]5(C)CC[C@@]4(C)[C@]3(C)CC[C@H]2C1(C)C. The first-order chi connectivity index (χ1) is 26.9. The minimum atomic E-state index is -0.427. The third-order valence-corrected chi connectivity index (χ3v) is 17.9. The number of carbonyl (C=O) groups is 2. The molecule has 57 heavy (non-hydrogen) atoms. The number of carbonyl (C=O) groups excluding carboxylic acids is 2. The second-order valence-electron chi connectivity index (χ2n) is 21.6. The number of ether oxygens (including phenoxy) is 2. The summed E-state index contributed by atoms with van der Waals surface area (Å²) in [4.78, 5) is 28.2. The predicted molar refractivity (Wildman–Crippen MR) is 232 cm³/mol. The van der Waals surface area contributed by atoms with E-state index in [9.17, 15) is 9.59 Å². The lowest BCUT2D eigenvalue weighted by Crippen LogP contribution is -2.64. The van der Waals surface area contributed by atoms with E-state index >= 15 is 0 Å². The highest BCUT2D eigenvalue weighted by molar-refractivity contribution is 6.09. The second kappa shape index (κ2) is 13.0. The zero-order chi connectivity index (χ0) is 40.3. The van der Waals surface area contributed by atoms with E-state index in [1.807, 2.05) is 72.3 Å². The first kappa shape index (κ1) is 38.6. The molecule has 0 aromatic heterocycles. The fraction of sp³-hybridized carbons (Fsp3) is 0.547. The van der Waals surface area contributed by atoms with Crippen LogP contribution < -0.4 is 0 Å². The average molecular weight is 765 g/mol. The van der Waals surface area contributed by atoms with Gasteiger partial charge in [-0.05, 0) is 166 Å². The van der Waals surface area contributed by atoms with Crippen LogP contribution in [0, 0.1) is 50.2 Å². The third kappa shape index (κ3) is 5.72. The van der Waals surface area contributed by atoms with Crippen molar-refractivity contribution in [3.05, 3.63) is 95.6 Å². The summed E-state index contributed by atoms with van der Waals surface area (Å²) in [5.41, 5.74) is 5.41. The normalized spacial score (nSPS) is 35.2. The molecule has 4 heteroatoms. The molecule has 300 valence electrons. The van der Waals surface area contributed by atoms with Crippen LogP contribution in [0.5, 0.6) is 0 Å². The summed E-state index contributed by atoms with van der Waals surface area (Å²) in [7, 11) is 1.41. The van der Waals surface area contributed by atoms with Gasteiger partial charge >= 0.3 is 11.9 Å². The summed E-state index contributed by atoms with van der Waals surface area (Å²) < 4.78 is 12.1. The Kier molecular flexibility index (Phi) is 8.83. The Morgan fingerprint density at radius 3 is 1.79 bits per heavy atom. The Balaban J connectivity index is 1.05. The maximum atomic E-state index is 14.8. The summed E-state index contributed by atoms with van der Waals surface area (Å²) in [6, 6.07) is 24.0. The average Bonchev–Trinajstić information content (AvgIpc) is 3.18. The molecule has 0 spiro atoms. The molecule has 0 unspecified atom stereocenters. The first-order valence-electron chi connectivity index (χ1n) is 22.0. The highest BCUT2D eigenvalue weighted by atomic mass is 16.5. The lowest BCUT2D eigenvalue weighted by Gasteiger charge is -2.71. The Hall–Kier alpha value is -3.92. The van der Waals surface area contributed by atoms with Crippen LogP contribution in [-0.4, -0.2) is 25.2 Å². The quantitative estimate of drug-likeness (QED) is 0.153. The van der Waals surface area contributed by atoms with Crippen molar-refractivity contribution in [3.8, 4) is 11.1 Å². The summed E-state index contributed by atoms with van der Waals surface area (Å²) in [6.07, 6.45) is 14.8. The lowest BCUT2D eigenvalue weighted by atomic mass is 9.33. The highest BCUT2D eigenvalue weighted by Gasteiger charge is 2.68. The van der Waals surface area contributed by atoms with Gasteiger partial charge < -0.3 is 9.47 Å². The van der Waals surface area contributed by atoms with Gasteiger partial charge in [-0.3, -0.25) is 0 Å². The second-order valence-corrected chi connectivity index (χ2v) is 21.6. The van der Waals surface area contributed by atoms with Crippen LogP contribution in [0.2, 0.25) is 0 Å². The van der Waals surface area contributed by atoms with Gasteiger partial charge in [-0.25, -0.2) is 9.59 Å². The van der Waals surface area contributed by atoms with E-state index < -0.39 is 5.97 Å². The van der Waals surface area contributed by atoms with E-state index in [1.165, 1.54) is 58.5 Å². The molecule has 0 aliphatic heterocycles. The molecule has 5 aliphatic carbocycles. The Bertz CT molecular complexity index is 2330. The van der Waals surface area contributed by atoms with Crippen LogP contribution in [-0.2, 0) is 9.47 Å². The van der Waals surface area contributed by atoms with Crippen molar-refractivity contribution < 1.29 is 19.1 Å². The monoisotopic (exact) mass is 764 g/mol. The van der Waals surface area contributed by atoms with Crippen LogP contribution in [0.25, 0.3) is 32.7 Å². The molecule has 8 atom stereocenters. The van der Waals surface area contributed by atoms with Gasteiger partial charge in [-0.2, -0.15) is 0 Å². The standard InChI is InChI=1S/C53H64O4/c1-48(2)24-25-50(5)26-27-52(7)41(42(50)32-48)18-19-44-51(6)22-21-45(49(3,4)43(51)20-23-53(44,52)8)57-47(55)40-31-36-17-13-11-15-34(36)29-38(40)37-28-33-14-10-12-16-35(33)30-39(37)46(54)56-9/h10-18,28-31,42-45H,19-27,32H2,1-9H3/t42-,43-,44+,45-,50+,51-,52+,53+/m0/s1. The van der Waals surface area contributed by atoms with E-state index in [0.29, 0.717) is 50.8 Å². The molecular formula is C53H64O4. The molecule has 4 fully saturated rings. The molecule has 0 radical (unpaired) electrons. The molecule has 9 rings (SSSR count). The van der Waals surface area contributed by atoms with E-state index in [1.54, 1.807) is 0 Å². The van der Waals surface area contributed by atoms with Crippen LogP contribution >= 0.6 is 0 Å². The number of benzene rings is 4. The number of esters is 2. The van der Waals surface area contributed by atoms with Gasteiger partial charge in [0.15, 0.2) is 0 Å². The molecule has 4 aromatic carbocycles. The Labute approximate surface area is 341 Å². The fourth-order valence-corrected chi connectivity index (χ4v) is 14.3. The summed E-state index contributed by atoms with van der Waals surface area (Å²) in [6.45, 7) is 20.4. The molecule has 4 aromatic rings. The smallest absolute Gasteiger partial charge is 0.339 e. The van der Waals surface area contributed by atoms with Crippen molar-refractivity contribution in [1.82, 2.24) is 0 Å². The molecule has 4 nitrogen and oxygen atoms in total. The summed E-state index contributed by atoms with van der Waals surface area (Å²) in [5.74, 6) is 1.00. The molecule has 0 saturated heterocycles. The van der Waals surface area contributed by atoms with Gasteiger partial charge in [0.2, 0.25) is 0 Å². The maximum absolute atomic E-state index is 14.8. The molecule has 0 N–H and O–H groups in total. The van der Waals surface area contributed by atoms with Crippen molar-refractivity contribution in [2.45, 2.75) is 126 Å². The molecule has 0 heterocycles. The zero-order valence-corrected chi connectivity index (χ0v) is 36.0. The van der Waals surface area contributed by atoms with Crippen molar-refractivity contribution in [2.24, 2.45) is 50.2 Å². The number of fused-ring (bicyclic) bond motifs is 9. The minimum absolute atomic E-state index is 0.158. The van der Waals surface area contributed by atoms with E-state index in [-0.39, 0.29) is 33.7 Å². The van der Waals surface area contributed by atoms with Crippen molar-refractivity contribution in [3.63, 3.8) is 0 Å². The van der Waals surface area contributed by atoms with Crippen molar-refractivity contribution >= 4 is 33.5 Å². The number of rotatable bonds is 4. The van der Waals surface area contributed by atoms with E-state index in [2.05, 4.69) is 67.5 Å². The maximum Gasteiger partial charge on any atom is 0.339 e. The number of hydrogen-bond donors (Lipinski definition) is 0. The predicted octanol–water partition coefficient (Wildman–Crippen LogP) is 13.8. The van der Waals surface area contributed by atoms with Gasteiger partial charge in [0.1, 0.15) is 6.10 Å². The summed E-state index contributed by atoms with van der Waals surface area (Å²) >= 11 is 0. The molecular weight excluding hydrogens is 701 g/mol. The van der Waals surface area contributed by atoms with Gasteiger partial charge in [0, 0.05) is 5.41 Å². The minimum Gasteiger partial charge on any atom is -0.465 e. The van der Waals surface area contributed by atoms with Crippen molar-refractivity contribution in [2.75, 3.05) is 7.11 Å². The van der Waals surface area contributed by atoms with Gasteiger partial charge in [-0.15, -0.1) is 0 Å². The number of hydrogen-bond acceptors (Lipinski definition) is 4. The third-order valence-electron chi connectivity index (χ3n) is 17.9. The molecule has 4 saturated carbocycles. The first-order valence-corrected chi connectivity index (χ1v) is 22.0. The van der Waals surface area contributed by atoms with Gasteiger partial charge in [0.05, 0.1) is 18.2 Å². The Morgan fingerprint density at radius 1 is 0.632 bits per heavy atom. The zero-order valence-electron chi connectivity index (χ0n) is 36.0. The highest BCUT2D eigenvalue weighted by Crippen LogP contribution is 2.75. The Morgan fingerprint density at radius 2 is 1.19 bits per heavy atom. The van der Waals surface area contributed by atoms with Gasteiger partial charge in [-0.1, -0.05) is 116 Å². The lowest BCUT2D eigenvalue weighted by molar-refractivity contribution is -0.203. The number of allylic oxidation sites excluding steroid dienone is 2. The van der Waals surface area contributed by atoms with Gasteiger partial charge in [0.25, 0.3) is 0 Å². The fourth-order valence-electron chi connectivity index (χ4n) is 14.3. The van der Waals surface area contributed by atoms with E-state index in [0.717, 1.165) is 34.4 Å². The van der Waals surface area contributed by atoms with E-state index in [4.69, 9.17) is 9.47 Å². The summed E-state index contributed by atoms with van der Waals surface area (Å²) in [5, 5.41) is 3.91. The van der Waals surface area contributed by atoms with Crippen LogP contribution in [0.4, 0.5) is 0 Å². The van der Waals surface area contributed by atoms with Crippen molar-refractivity contribution in [1.29, 1.82) is 0 Å². The van der Waals surface area contributed by atoms with Crippen LogP contribution in [0.3, 0.4) is 0 Å². The number of methoxy groups -OCH3 is 1. The van der Waals surface area contributed by atoms with Crippen LogP contribution in [0.15, 0.2) is 84.4 Å². The molecule has 0 bridgehead atoms. The van der Waals surface area contributed by atoms with Crippen LogP contribution in [0.1, 0.15) is 140 Å². The largest absolute Gasteiger partial charge is 0.465 e. The molecule has 0 amide bonds. The molecule has 5 aliphatic rings.